The fourth-order valence-electron chi connectivity index (χ4n) is 1.82. The van der Waals surface area contributed by atoms with Crippen LogP contribution in [-0.2, 0) is 18.8 Å². The van der Waals surface area contributed by atoms with E-state index in [-0.39, 0.29) is 17.0 Å². The Morgan fingerprint density at radius 1 is 1.37 bits per heavy atom. The van der Waals surface area contributed by atoms with Gasteiger partial charge in [0.25, 0.3) is 0 Å². The average molecular weight is 287 g/mol. The summed E-state index contributed by atoms with van der Waals surface area (Å²) in [6, 6.07) is 0. The highest BCUT2D eigenvalue weighted by atomic mass is 28.4. The molecular formula is C13H25NO4Si. The largest absolute Gasteiger partial charge is 0.441 e. The normalized spacial score (nSPS) is 25.3. The molecule has 0 aromatic heterocycles. The highest BCUT2D eigenvalue weighted by Gasteiger charge is 2.49. The molecular weight excluding hydrogens is 262 g/mol. The van der Waals surface area contributed by atoms with Crippen LogP contribution in [0.5, 0.6) is 0 Å². The van der Waals surface area contributed by atoms with Crippen molar-refractivity contribution in [3.63, 3.8) is 0 Å². The molecule has 5 nitrogen and oxygen atoms in total. The molecule has 1 aliphatic rings. The second-order valence-corrected chi connectivity index (χ2v) is 11.4. The van der Waals surface area contributed by atoms with E-state index in [2.05, 4.69) is 39.2 Å². The predicted octanol–water partition coefficient (Wildman–Crippen LogP) is 2.03. The van der Waals surface area contributed by atoms with Crippen LogP contribution < -0.4 is 5.32 Å². The Labute approximate surface area is 116 Å². The third-order valence-corrected chi connectivity index (χ3v) is 8.57. The van der Waals surface area contributed by atoms with E-state index in [1.807, 2.05) is 6.92 Å². The quantitative estimate of drug-likeness (QED) is 0.488. The van der Waals surface area contributed by atoms with Crippen molar-refractivity contribution in [2.45, 2.75) is 65.1 Å². The molecule has 0 aromatic rings. The van der Waals surface area contributed by atoms with Crippen LogP contribution >= 0.6 is 0 Å². The van der Waals surface area contributed by atoms with Crippen molar-refractivity contribution in [1.29, 1.82) is 0 Å². The summed E-state index contributed by atoms with van der Waals surface area (Å²) >= 11 is 0. The van der Waals surface area contributed by atoms with E-state index in [4.69, 9.17) is 9.16 Å². The summed E-state index contributed by atoms with van der Waals surface area (Å²) in [4.78, 5) is 22.6. The van der Waals surface area contributed by atoms with Gasteiger partial charge >= 0.3 is 5.97 Å². The van der Waals surface area contributed by atoms with Crippen LogP contribution in [0, 0.1) is 5.92 Å². The predicted molar refractivity (Wildman–Crippen MR) is 74.9 cm³/mol. The zero-order chi connectivity index (χ0) is 15.0. The van der Waals surface area contributed by atoms with E-state index in [0.29, 0.717) is 0 Å². The first kappa shape index (κ1) is 16.2. The number of hydrogen-bond acceptors (Lipinski definition) is 4. The first-order valence-corrected chi connectivity index (χ1v) is 9.52. The van der Waals surface area contributed by atoms with Gasteiger partial charge in [-0.1, -0.05) is 20.8 Å². The standard InChI is InChI=1S/C13H25NO4Si/c1-8(18-19(6,7)13(3,4)5)10-11(16)14-12(10)17-9(2)15/h8,10,12H,1-7H3,(H,14,16)/t8?,10-,12-/m1/s1. The number of esters is 1. The van der Waals surface area contributed by atoms with Crippen LogP contribution in [0.1, 0.15) is 34.6 Å². The zero-order valence-corrected chi connectivity index (χ0v) is 13.9. The lowest BCUT2D eigenvalue weighted by molar-refractivity contribution is -0.173. The molecule has 3 atom stereocenters. The number of amides is 1. The van der Waals surface area contributed by atoms with E-state index < -0.39 is 26.4 Å². The Morgan fingerprint density at radius 3 is 2.26 bits per heavy atom. The number of rotatable bonds is 4. The number of carbonyl (C=O) groups excluding carboxylic acids is 2. The summed E-state index contributed by atoms with van der Waals surface area (Å²) in [6.45, 7) is 13.9. The van der Waals surface area contributed by atoms with Gasteiger partial charge in [0.15, 0.2) is 14.5 Å². The van der Waals surface area contributed by atoms with E-state index >= 15 is 0 Å². The second kappa shape index (κ2) is 5.24. The van der Waals surface area contributed by atoms with E-state index in [1.54, 1.807) is 0 Å². The van der Waals surface area contributed by atoms with Crippen molar-refractivity contribution in [2.75, 3.05) is 0 Å². The van der Waals surface area contributed by atoms with Gasteiger partial charge in [0, 0.05) is 6.92 Å². The minimum Gasteiger partial charge on any atom is -0.441 e. The molecule has 0 bridgehead atoms. The Kier molecular flexibility index (Phi) is 4.46. The fourth-order valence-corrected chi connectivity index (χ4v) is 3.25. The van der Waals surface area contributed by atoms with Gasteiger partial charge in [-0.05, 0) is 25.1 Å². The maximum atomic E-state index is 11.6. The van der Waals surface area contributed by atoms with Crippen molar-refractivity contribution in [3.05, 3.63) is 0 Å². The highest BCUT2D eigenvalue weighted by Crippen LogP contribution is 2.39. The molecule has 1 heterocycles. The van der Waals surface area contributed by atoms with Gasteiger partial charge in [-0.3, -0.25) is 9.59 Å². The molecule has 1 rings (SSSR count). The molecule has 110 valence electrons. The van der Waals surface area contributed by atoms with E-state index in [1.165, 1.54) is 6.92 Å². The number of nitrogens with one attached hydrogen (secondary N) is 1. The fraction of sp³-hybridized carbons (Fsp3) is 0.846. The lowest BCUT2D eigenvalue weighted by Gasteiger charge is -2.44. The summed E-state index contributed by atoms with van der Waals surface area (Å²) < 4.78 is 11.2. The van der Waals surface area contributed by atoms with Crippen molar-refractivity contribution in [1.82, 2.24) is 5.32 Å². The van der Waals surface area contributed by atoms with Crippen LogP contribution in [0.3, 0.4) is 0 Å². The molecule has 1 saturated heterocycles. The molecule has 1 unspecified atom stereocenters. The average Bonchev–Trinajstić information content (AvgIpc) is 2.12. The SMILES string of the molecule is CC(=O)O[C@H]1NC(=O)[C@H]1C(C)O[Si](C)(C)C(C)(C)C. The van der Waals surface area contributed by atoms with Crippen molar-refractivity contribution < 1.29 is 18.8 Å². The third-order valence-electron chi connectivity index (χ3n) is 4.00. The monoisotopic (exact) mass is 287 g/mol. The maximum Gasteiger partial charge on any atom is 0.304 e. The third kappa shape index (κ3) is 3.57. The Balaban J connectivity index is 2.69. The summed E-state index contributed by atoms with van der Waals surface area (Å²) in [6.07, 6.45) is -0.802. The number of hydrogen-bond donors (Lipinski definition) is 1. The zero-order valence-electron chi connectivity index (χ0n) is 12.9. The summed E-state index contributed by atoms with van der Waals surface area (Å²) in [5.41, 5.74) is 0. The molecule has 6 heteroatoms. The summed E-state index contributed by atoms with van der Waals surface area (Å²) in [7, 11) is -1.93. The van der Waals surface area contributed by atoms with Crippen molar-refractivity contribution >= 4 is 20.2 Å². The molecule has 1 N–H and O–H groups in total. The van der Waals surface area contributed by atoms with Gasteiger partial charge in [0.1, 0.15) is 5.92 Å². The molecule has 19 heavy (non-hydrogen) atoms. The molecule has 0 radical (unpaired) electrons. The van der Waals surface area contributed by atoms with E-state index in [0.717, 1.165) is 0 Å². The smallest absolute Gasteiger partial charge is 0.304 e. The maximum absolute atomic E-state index is 11.6. The summed E-state index contributed by atoms with van der Waals surface area (Å²) in [5.74, 6) is -0.912. The van der Waals surface area contributed by atoms with Crippen LogP contribution in [0.15, 0.2) is 0 Å². The first-order valence-electron chi connectivity index (χ1n) is 6.61. The lowest BCUT2D eigenvalue weighted by Crippen LogP contribution is -2.65. The van der Waals surface area contributed by atoms with Crippen LogP contribution in [0.4, 0.5) is 0 Å². The molecule has 0 saturated carbocycles. The Hall–Kier alpha value is -0.883. The summed E-state index contributed by atoms with van der Waals surface area (Å²) in [5, 5.41) is 2.66. The van der Waals surface area contributed by atoms with Crippen molar-refractivity contribution in [2.24, 2.45) is 5.92 Å². The Morgan fingerprint density at radius 2 is 1.89 bits per heavy atom. The van der Waals surface area contributed by atoms with Gasteiger partial charge in [0.05, 0.1) is 6.10 Å². The van der Waals surface area contributed by atoms with Gasteiger partial charge in [-0.15, -0.1) is 0 Å². The molecule has 0 aromatic carbocycles. The van der Waals surface area contributed by atoms with Crippen LogP contribution in [0.25, 0.3) is 0 Å². The number of carbonyl (C=O) groups is 2. The number of ether oxygens (including phenoxy) is 1. The Bertz CT molecular complexity index is 375. The second-order valence-electron chi connectivity index (χ2n) is 6.65. The lowest BCUT2D eigenvalue weighted by atomic mass is 9.93. The van der Waals surface area contributed by atoms with Crippen LogP contribution in [0.2, 0.25) is 18.1 Å². The van der Waals surface area contributed by atoms with Gasteiger partial charge in [0.2, 0.25) is 5.91 Å². The molecule has 1 fully saturated rings. The highest BCUT2D eigenvalue weighted by molar-refractivity contribution is 6.74. The first-order chi connectivity index (χ1) is 8.45. The molecule has 1 amide bonds. The minimum absolute atomic E-state index is 0.0818. The van der Waals surface area contributed by atoms with E-state index in [9.17, 15) is 9.59 Å². The topological polar surface area (TPSA) is 64.6 Å². The molecule has 0 spiro atoms. The number of β-lactam (4-membered cyclic amide) rings is 1. The minimum atomic E-state index is -1.93. The van der Waals surface area contributed by atoms with Crippen LogP contribution in [-0.4, -0.2) is 32.5 Å². The van der Waals surface area contributed by atoms with Gasteiger partial charge in [-0.2, -0.15) is 0 Å². The molecule has 1 aliphatic heterocycles. The molecule has 0 aliphatic carbocycles. The van der Waals surface area contributed by atoms with Crippen molar-refractivity contribution in [3.8, 4) is 0 Å². The van der Waals surface area contributed by atoms with Gasteiger partial charge in [-0.25, -0.2) is 0 Å². The van der Waals surface area contributed by atoms with Gasteiger partial charge < -0.3 is 14.5 Å².